The Morgan fingerprint density at radius 2 is 1.09 bits per heavy atom. The van der Waals surface area contributed by atoms with E-state index in [0.717, 1.165) is 11.5 Å². The number of hydrogen-bond acceptors (Lipinski definition) is 1. The van der Waals surface area contributed by atoms with Crippen molar-refractivity contribution < 1.29 is 4.74 Å². The largest absolute Gasteiger partial charge is 0.457 e. The predicted molar refractivity (Wildman–Crippen MR) is 90.4 cm³/mol. The molecule has 0 saturated heterocycles. The third kappa shape index (κ3) is 1.49. The molecule has 0 amide bonds. The molecule has 2 aromatic rings. The first-order valence-corrected chi connectivity index (χ1v) is 8.45. The Bertz CT molecular complexity index is 656. The Hall–Kier alpha value is -1.76. The fraction of sp³-hybridized carbons (Fsp3) is 0.429. The van der Waals surface area contributed by atoms with E-state index >= 15 is 0 Å². The van der Waals surface area contributed by atoms with Crippen LogP contribution < -0.4 is 4.74 Å². The first kappa shape index (κ1) is 13.9. The fourth-order valence-corrected chi connectivity index (χ4v) is 5.19. The zero-order valence-electron chi connectivity index (χ0n) is 13.8. The lowest BCUT2D eigenvalue weighted by Crippen LogP contribution is -2.39. The van der Waals surface area contributed by atoms with Gasteiger partial charge < -0.3 is 4.74 Å². The maximum absolute atomic E-state index is 6.23. The second-order valence-electron chi connectivity index (χ2n) is 7.26. The Kier molecular flexibility index (Phi) is 2.91. The number of fused-ring (bicyclic) bond motifs is 4. The summed E-state index contributed by atoms with van der Waals surface area (Å²) < 4.78 is 6.23. The molecule has 0 aromatic heterocycles. The topological polar surface area (TPSA) is 9.23 Å². The molecular formula is C21H24O. The zero-order chi connectivity index (χ0) is 15.5. The van der Waals surface area contributed by atoms with Gasteiger partial charge in [0.05, 0.1) is 0 Å². The average molecular weight is 292 g/mol. The molecule has 114 valence electrons. The molecule has 1 spiro atoms. The van der Waals surface area contributed by atoms with Gasteiger partial charge in [-0.05, 0) is 35.8 Å². The van der Waals surface area contributed by atoms with Crippen molar-refractivity contribution in [2.75, 3.05) is 0 Å². The van der Waals surface area contributed by atoms with Gasteiger partial charge in [-0.25, -0.2) is 0 Å². The average Bonchev–Trinajstić information content (AvgIpc) is 2.71. The molecule has 2 aliphatic rings. The van der Waals surface area contributed by atoms with E-state index in [9.17, 15) is 0 Å². The van der Waals surface area contributed by atoms with Crippen LogP contribution in [0, 0.1) is 23.7 Å². The molecular weight excluding hydrogens is 268 g/mol. The van der Waals surface area contributed by atoms with E-state index in [-0.39, 0.29) is 5.41 Å². The number of benzene rings is 2. The predicted octanol–water partition coefficient (Wildman–Crippen LogP) is 5.64. The summed E-state index contributed by atoms with van der Waals surface area (Å²) in [5.74, 6) is 4.69. The molecule has 0 N–H and O–H groups in total. The van der Waals surface area contributed by atoms with Crippen molar-refractivity contribution >= 4 is 0 Å². The normalized spacial score (nSPS) is 31.5. The molecule has 1 fully saturated rings. The summed E-state index contributed by atoms with van der Waals surface area (Å²) in [5.41, 5.74) is 2.83. The van der Waals surface area contributed by atoms with Crippen LogP contribution in [0.5, 0.6) is 11.5 Å². The summed E-state index contributed by atoms with van der Waals surface area (Å²) in [5, 5.41) is 0. The smallest absolute Gasteiger partial charge is 0.131 e. The molecule has 1 saturated carbocycles. The van der Waals surface area contributed by atoms with Crippen LogP contribution in [0.25, 0.3) is 0 Å². The van der Waals surface area contributed by atoms with Gasteiger partial charge in [0, 0.05) is 16.5 Å². The SMILES string of the molecule is C[C@@H]1[C@H](C)[C@H](C)C2(c3ccccc3Oc3ccccc32)[C@@H]1C. The lowest BCUT2D eigenvalue weighted by molar-refractivity contribution is 0.270. The molecule has 1 heterocycles. The van der Waals surface area contributed by atoms with E-state index in [2.05, 4.69) is 76.2 Å². The van der Waals surface area contributed by atoms with E-state index in [0.29, 0.717) is 23.7 Å². The summed E-state index contributed by atoms with van der Waals surface area (Å²) >= 11 is 0. The van der Waals surface area contributed by atoms with Crippen LogP contribution in [-0.2, 0) is 5.41 Å². The summed E-state index contributed by atoms with van der Waals surface area (Å²) in [4.78, 5) is 0. The van der Waals surface area contributed by atoms with Crippen molar-refractivity contribution in [1.82, 2.24) is 0 Å². The van der Waals surface area contributed by atoms with Crippen molar-refractivity contribution in [3.8, 4) is 11.5 Å². The summed E-state index contributed by atoms with van der Waals surface area (Å²) in [6.45, 7) is 9.70. The van der Waals surface area contributed by atoms with Crippen LogP contribution in [0.2, 0.25) is 0 Å². The van der Waals surface area contributed by atoms with Crippen LogP contribution in [0.3, 0.4) is 0 Å². The van der Waals surface area contributed by atoms with Gasteiger partial charge in [0.1, 0.15) is 11.5 Å². The quantitative estimate of drug-likeness (QED) is 0.611. The Morgan fingerprint density at radius 1 is 0.682 bits per heavy atom. The Morgan fingerprint density at radius 3 is 1.55 bits per heavy atom. The van der Waals surface area contributed by atoms with Crippen molar-refractivity contribution in [1.29, 1.82) is 0 Å². The minimum atomic E-state index is 0.0737. The number of rotatable bonds is 0. The number of ether oxygens (including phenoxy) is 1. The summed E-state index contributed by atoms with van der Waals surface area (Å²) in [6.07, 6.45) is 0. The standard InChI is InChI=1S/C21H24O/c1-13-14(2)16(4)21(15(13)3)17-9-5-7-11-19(17)22-20-12-8-6-10-18(20)21/h5-16H,1-4H3/t13-,14+,15-,16+. The monoisotopic (exact) mass is 292 g/mol. The molecule has 4 rings (SSSR count). The number of para-hydroxylation sites is 2. The molecule has 0 unspecified atom stereocenters. The van der Waals surface area contributed by atoms with Crippen molar-refractivity contribution in [3.05, 3.63) is 59.7 Å². The van der Waals surface area contributed by atoms with E-state index in [1.807, 2.05) is 0 Å². The minimum Gasteiger partial charge on any atom is -0.457 e. The van der Waals surface area contributed by atoms with Crippen LogP contribution in [0.15, 0.2) is 48.5 Å². The highest BCUT2D eigenvalue weighted by Gasteiger charge is 2.58. The maximum Gasteiger partial charge on any atom is 0.131 e. The lowest BCUT2D eigenvalue weighted by Gasteiger charge is -2.44. The second-order valence-corrected chi connectivity index (χ2v) is 7.26. The molecule has 1 aliphatic heterocycles. The molecule has 22 heavy (non-hydrogen) atoms. The van der Waals surface area contributed by atoms with E-state index < -0.39 is 0 Å². The summed E-state index contributed by atoms with van der Waals surface area (Å²) in [6, 6.07) is 17.3. The maximum atomic E-state index is 6.23. The van der Waals surface area contributed by atoms with Gasteiger partial charge in [-0.2, -0.15) is 0 Å². The van der Waals surface area contributed by atoms with Gasteiger partial charge in [0.2, 0.25) is 0 Å². The van der Waals surface area contributed by atoms with Gasteiger partial charge in [-0.15, -0.1) is 0 Å². The molecule has 1 heteroatoms. The second kappa shape index (κ2) is 4.62. The lowest BCUT2D eigenvalue weighted by atomic mass is 9.61. The minimum absolute atomic E-state index is 0.0737. The molecule has 1 nitrogen and oxygen atoms in total. The van der Waals surface area contributed by atoms with Gasteiger partial charge in [-0.1, -0.05) is 64.1 Å². The first-order valence-electron chi connectivity index (χ1n) is 8.45. The first-order chi connectivity index (χ1) is 10.6. The van der Waals surface area contributed by atoms with Crippen LogP contribution in [-0.4, -0.2) is 0 Å². The fourth-order valence-electron chi connectivity index (χ4n) is 5.19. The van der Waals surface area contributed by atoms with Crippen molar-refractivity contribution in [2.24, 2.45) is 23.7 Å². The molecule has 4 atom stereocenters. The third-order valence-electron chi connectivity index (χ3n) is 6.73. The molecule has 2 aromatic carbocycles. The van der Waals surface area contributed by atoms with Gasteiger partial charge in [0.25, 0.3) is 0 Å². The van der Waals surface area contributed by atoms with E-state index in [4.69, 9.17) is 4.74 Å². The van der Waals surface area contributed by atoms with Crippen LogP contribution in [0.4, 0.5) is 0 Å². The Labute approximate surface area is 133 Å². The van der Waals surface area contributed by atoms with Crippen LogP contribution >= 0.6 is 0 Å². The third-order valence-corrected chi connectivity index (χ3v) is 6.73. The highest BCUT2D eigenvalue weighted by molar-refractivity contribution is 5.59. The van der Waals surface area contributed by atoms with Crippen molar-refractivity contribution in [3.63, 3.8) is 0 Å². The Balaban J connectivity index is 2.07. The van der Waals surface area contributed by atoms with Crippen molar-refractivity contribution in [2.45, 2.75) is 33.1 Å². The van der Waals surface area contributed by atoms with Gasteiger partial charge in [-0.3, -0.25) is 0 Å². The number of hydrogen-bond donors (Lipinski definition) is 0. The highest BCUT2D eigenvalue weighted by Crippen LogP contribution is 2.63. The van der Waals surface area contributed by atoms with Gasteiger partial charge >= 0.3 is 0 Å². The van der Waals surface area contributed by atoms with Gasteiger partial charge in [0.15, 0.2) is 0 Å². The van der Waals surface area contributed by atoms with E-state index in [1.54, 1.807) is 0 Å². The zero-order valence-corrected chi connectivity index (χ0v) is 13.8. The molecule has 1 aliphatic carbocycles. The molecule has 0 radical (unpaired) electrons. The highest BCUT2D eigenvalue weighted by atomic mass is 16.5. The van der Waals surface area contributed by atoms with E-state index in [1.165, 1.54) is 11.1 Å². The van der Waals surface area contributed by atoms with Crippen LogP contribution in [0.1, 0.15) is 38.8 Å². The summed E-state index contributed by atoms with van der Waals surface area (Å²) in [7, 11) is 0. The molecule has 0 bridgehead atoms.